The monoisotopic (exact) mass is 231 g/mol. The molecular formula is C16H25N. The standard InChI is InChI=1S/C16H25N/c1-3-4-5-6-7-8-13-17-14-16-11-9-15(2)10-12-16/h9-12,14H,3-8,13H2,1-2H3. The van der Waals surface area contributed by atoms with Crippen molar-refractivity contribution < 1.29 is 0 Å². The number of benzene rings is 1. The molecule has 1 nitrogen and oxygen atoms in total. The third-order valence-electron chi connectivity index (χ3n) is 2.96. The molecule has 0 aliphatic rings. The van der Waals surface area contributed by atoms with Crippen molar-refractivity contribution in [3.05, 3.63) is 35.4 Å². The summed E-state index contributed by atoms with van der Waals surface area (Å²) in [4.78, 5) is 4.46. The summed E-state index contributed by atoms with van der Waals surface area (Å²) in [7, 11) is 0. The van der Waals surface area contributed by atoms with E-state index in [1.165, 1.54) is 49.7 Å². The fraction of sp³-hybridized carbons (Fsp3) is 0.562. The molecule has 0 heterocycles. The van der Waals surface area contributed by atoms with Crippen molar-refractivity contribution in [2.45, 2.75) is 52.4 Å². The van der Waals surface area contributed by atoms with Crippen molar-refractivity contribution in [3.63, 3.8) is 0 Å². The zero-order valence-corrected chi connectivity index (χ0v) is 11.3. The summed E-state index contributed by atoms with van der Waals surface area (Å²) in [5.74, 6) is 0. The first-order chi connectivity index (χ1) is 8.33. The molecule has 17 heavy (non-hydrogen) atoms. The van der Waals surface area contributed by atoms with Crippen LogP contribution in [0.4, 0.5) is 0 Å². The Labute approximate surface area is 106 Å². The van der Waals surface area contributed by atoms with Crippen molar-refractivity contribution in [1.82, 2.24) is 0 Å². The summed E-state index contributed by atoms with van der Waals surface area (Å²) in [5, 5.41) is 0. The highest BCUT2D eigenvalue weighted by Crippen LogP contribution is 2.05. The second kappa shape index (κ2) is 8.98. The number of rotatable bonds is 8. The molecule has 0 fully saturated rings. The van der Waals surface area contributed by atoms with E-state index in [1.807, 2.05) is 6.21 Å². The van der Waals surface area contributed by atoms with Crippen LogP contribution in [-0.2, 0) is 0 Å². The number of nitrogens with zero attached hydrogens (tertiary/aromatic N) is 1. The summed E-state index contributed by atoms with van der Waals surface area (Å²) >= 11 is 0. The van der Waals surface area contributed by atoms with Gasteiger partial charge in [-0.25, -0.2) is 0 Å². The van der Waals surface area contributed by atoms with Crippen LogP contribution in [-0.4, -0.2) is 12.8 Å². The van der Waals surface area contributed by atoms with Gasteiger partial charge in [-0.1, -0.05) is 68.9 Å². The molecule has 94 valence electrons. The van der Waals surface area contributed by atoms with Crippen molar-refractivity contribution in [3.8, 4) is 0 Å². The average molecular weight is 231 g/mol. The first kappa shape index (κ1) is 14.0. The van der Waals surface area contributed by atoms with Crippen LogP contribution in [0.15, 0.2) is 29.3 Å². The van der Waals surface area contributed by atoms with E-state index in [0.717, 1.165) is 6.54 Å². The lowest BCUT2D eigenvalue weighted by molar-refractivity contribution is 0.612. The van der Waals surface area contributed by atoms with Crippen LogP contribution in [0, 0.1) is 6.92 Å². The van der Waals surface area contributed by atoms with Gasteiger partial charge >= 0.3 is 0 Å². The predicted molar refractivity (Wildman–Crippen MR) is 77.0 cm³/mol. The molecule has 0 aromatic heterocycles. The lowest BCUT2D eigenvalue weighted by Crippen LogP contribution is -1.86. The summed E-state index contributed by atoms with van der Waals surface area (Å²) in [6.07, 6.45) is 10.0. The Kier molecular flexibility index (Phi) is 7.37. The first-order valence-corrected chi connectivity index (χ1v) is 6.89. The minimum Gasteiger partial charge on any atom is -0.293 e. The Bertz CT molecular complexity index is 311. The Balaban J connectivity index is 2.08. The molecule has 1 heteroatoms. The Morgan fingerprint density at radius 2 is 1.59 bits per heavy atom. The molecule has 0 radical (unpaired) electrons. The molecule has 0 saturated carbocycles. The maximum atomic E-state index is 4.46. The van der Waals surface area contributed by atoms with E-state index >= 15 is 0 Å². The fourth-order valence-corrected chi connectivity index (χ4v) is 1.81. The summed E-state index contributed by atoms with van der Waals surface area (Å²) in [6.45, 7) is 5.34. The lowest BCUT2D eigenvalue weighted by Gasteiger charge is -1.98. The first-order valence-electron chi connectivity index (χ1n) is 6.89. The van der Waals surface area contributed by atoms with Crippen LogP contribution in [0.25, 0.3) is 0 Å². The van der Waals surface area contributed by atoms with Gasteiger partial charge in [0.25, 0.3) is 0 Å². The highest BCUT2D eigenvalue weighted by molar-refractivity contribution is 5.79. The summed E-state index contributed by atoms with van der Waals surface area (Å²) < 4.78 is 0. The number of aryl methyl sites for hydroxylation is 1. The van der Waals surface area contributed by atoms with Gasteiger partial charge in [-0.15, -0.1) is 0 Å². The smallest absolute Gasteiger partial charge is 0.0389 e. The SMILES string of the molecule is CCCCCCCCN=Cc1ccc(C)cc1. The van der Waals surface area contributed by atoms with E-state index in [9.17, 15) is 0 Å². The molecule has 1 aromatic rings. The second-order valence-corrected chi connectivity index (χ2v) is 4.71. The van der Waals surface area contributed by atoms with Crippen LogP contribution < -0.4 is 0 Å². The molecule has 1 aromatic carbocycles. The quantitative estimate of drug-likeness (QED) is 0.451. The number of hydrogen-bond donors (Lipinski definition) is 0. The van der Waals surface area contributed by atoms with Crippen LogP contribution in [0.5, 0.6) is 0 Å². The van der Waals surface area contributed by atoms with Crippen LogP contribution in [0.1, 0.15) is 56.6 Å². The molecule has 0 spiro atoms. The Morgan fingerprint density at radius 1 is 0.941 bits per heavy atom. The Morgan fingerprint density at radius 3 is 2.29 bits per heavy atom. The largest absolute Gasteiger partial charge is 0.293 e. The zero-order valence-electron chi connectivity index (χ0n) is 11.3. The third kappa shape index (κ3) is 6.93. The van der Waals surface area contributed by atoms with Gasteiger partial charge in [-0.3, -0.25) is 4.99 Å². The molecule has 0 aliphatic carbocycles. The van der Waals surface area contributed by atoms with E-state index in [1.54, 1.807) is 0 Å². The lowest BCUT2D eigenvalue weighted by atomic mass is 10.1. The number of aliphatic imine (C=N–C) groups is 1. The number of hydrogen-bond acceptors (Lipinski definition) is 1. The fourth-order valence-electron chi connectivity index (χ4n) is 1.81. The van der Waals surface area contributed by atoms with E-state index in [0.29, 0.717) is 0 Å². The van der Waals surface area contributed by atoms with Gasteiger partial charge in [0.2, 0.25) is 0 Å². The molecule has 0 atom stereocenters. The third-order valence-corrected chi connectivity index (χ3v) is 2.96. The molecule has 0 unspecified atom stereocenters. The predicted octanol–water partition coefficient (Wildman–Crippen LogP) is 4.77. The van der Waals surface area contributed by atoms with Gasteiger partial charge in [0, 0.05) is 12.8 Å². The van der Waals surface area contributed by atoms with Gasteiger partial charge in [0.15, 0.2) is 0 Å². The molecule has 0 N–H and O–H groups in total. The molecule has 0 aliphatic heterocycles. The van der Waals surface area contributed by atoms with E-state index < -0.39 is 0 Å². The van der Waals surface area contributed by atoms with Gasteiger partial charge in [-0.05, 0) is 18.9 Å². The molecule has 1 rings (SSSR count). The van der Waals surface area contributed by atoms with Crippen molar-refractivity contribution >= 4 is 6.21 Å². The molecule has 0 bridgehead atoms. The van der Waals surface area contributed by atoms with E-state index in [4.69, 9.17) is 0 Å². The van der Waals surface area contributed by atoms with E-state index in [-0.39, 0.29) is 0 Å². The summed E-state index contributed by atoms with van der Waals surface area (Å²) in [5.41, 5.74) is 2.51. The second-order valence-electron chi connectivity index (χ2n) is 4.71. The Hall–Kier alpha value is -1.11. The minimum absolute atomic E-state index is 0.972. The van der Waals surface area contributed by atoms with Gasteiger partial charge in [0.1, 0.15) is 0 Å². The van der Waals surface area contributed by atoms with Gasteiger partial charge < -0.3 is 0 Å². The van der Waals surface area contributed by atoms with Gasteiger partial charge in [0.05, 0.1) is 0 Å². The maximum absolute atomic E-state index is 4.46. The molecular weight excluding hydrogens is 206 g/mol. The van der Waals surface area contributed by atoms with Crippen molar-refractivity contribution in [2.75, 3.05) is 6.54 Å². The molecule has 0 amide bonds. The highest BCUT2D eigenvalue weighted by Gasteiger charge is 1.89. The van der Waals surface area contributed by atoms with Crippen molar-refractivity contribution in [1.29, 1.82) is 0 Å². The molecule has 0 saturated heterocycles. The minimum atomic E-state index is 0.972. The summed E-state index contributed by atoms with van der Waals surface area (Å²) in [6, 6.07) is 8.51. The highest BCUT2D eigenvalue weighted by atomic mass is 14.7. The van der Waals surface area contributed by atoms with E-state index in [2.05, 4.69) is 43.1 Å². The van der Waals surface area contributed by atoms with Crippen molar-refractivity contribution in [2.24, 2.45) is 4.99 Å². The topological polar surface area (TPSA) is 12.4 Å². The van der Waals surface area contributed by atoms with Crippen LogP contribution in [0.2, 0.25) is 0 Å². The normalized spacial score (nSPS) is 11.2. The zero-order chi connectivity index (χ0) is 12.3. The maximum Gasteiger partial charge on any atom is 0.0389 e. The number of unbranched alkanes of at least 4 members (excludes halogenated alkanes) is 5. The van der Waals surface area contributed by atoms with Crippen LogP contribution in [0.3, 0.4) is 0 Å². The van der Waals surface area contributed by atoms with Gasteiger partial charge in [-0.2, -0.15) is 0 Å². The van der Waals surface area contributed by atoms with Crippen LogP contribution >= 0.6 is 0 Å². The average Bonchev–Trinajstić information content (AvgIpc) is 2.35.